The number of hydrogen-bond donors (Lipinski definition) is 1. The largest absolute Gasteiger partial charge is 0.340 e. The van der Waals surface area contributed by atoms with Gasteiger partial charge in [-0.3, -0.25) is 4.79 Å². The molecule has 0 bridgehead atoms. The molecule has 114 valence electrons. The third kappa shape index (κ3) is 2.86. The van der Waals surface area contributed by atoms with Gasteiger partial charge in [-0.05, 0) is 16.9 Å². The van der Waals surface area contributed by atoms with Gasteiger partial charge in [-0.15, -0.1) is 11.3 Å². The zero-order valence-electron chi connectivity index (χ0n) is 13.5. The minimum atomic E-state index is 0.0888. The van der Waals surface area contributed by atoms with Crippen LogP contribution >= 0.6 is 11.3 Å². The predicted octanol–water partition coefficient (Wildman–Crippen LogP) is 2.70. The monoisotopic (exact) mass is 304 g/mol. The van der Waals surface area contributed by atoms with Gasteiger partial charge < -0.3 is 10.6 Å². The van der Waals surface area contributed by atoms with Crippen LogP contribution in [0, 0.1) is 28.6 Å². The summed E-state index contributed by atoms with van der Waals surface area (Å²) in [4.78, 5) is 15.6. The fourth-order valence-electron chi connectivity index (χ4n) is 3.03. The van der Waals surface area contributed by atoms with Crippen LogP contribution in [0.3, 0.4) is 0 Å². The number of carbonyl (C=O) groups is 1. The third-order valence-electron chi connectivity index (χ3n) is 5.03. The second kappa shape index (κ2) is 5.47. The van der Waals surface area contributed by atoms with E-state index in [1.165, 1.54) is 0 Å². The second-order valence-corrected chi connectivity index (χ2v) is 7.87. The number of thiophene rings is 1. The van der Waals surface area contributed by atoms with Crippen molar-refractivity contribution in [2.24, 2.45) is 22.5 Å². The van der Waals surface area contributed by atoms with Crippen molar-refractivity contribution in [1.29, 1.82) is 0 Å². The number of carbonyl (C=O) groups excluding carboxylic acids is 1. The molecule has 1 heterocycles. The molecule has 0 unspecified atom stereocenters. The average Bonchev–Trinajstić information content (AvgIpc) is 2.72. The van der Waals surface area contributed by atoms with Crippen molar-refractivity contribution in [2.45, 2.75) is 34.2 Å². The van der Waals surface area contributed by atoms with Gasteiger partial charge in [0, 0.05) is 28.8 Å². The van der Waals surface area contributed by atoms with Gasteiger partial charge in [0.15, 0.2) is 0 Å². The van der Waals surface area contributed by atoms with Crippen molar-refractivity contribution in [3.63, 3.8) is 0 Å². The summed E-state index contributed by atoms with van der Waals surface area (Å²) in [6, 6.07) is 2.04. The minimum Gasteiger partial charge on any atom is -0.340 e. The van der Waals surface area contributed by atoms with E-state index in [0.29, 0.717) is 13.1 Å². The van der Waals surface area contributed by atoms with Crippen LogP contribution in [0.15, 0.2) is 11.4 Å². The first kappa shape index (κ1) is 16.1. The van der Waals surface area contributed by atoms with Crippen LogP contribution in [0.1, 0.15) is 38.1 Å². The highest BCUT2D eigenvalue weighted by Crippen LogP contribution is 2.68. The van der Waals surface area contributed by atoms with Crippen molar-refractivity contribution < 1.29 is 4.79 Å². The fraction of sp³-hybridized carbons (Fsp3) is 0.588. The summed E-state index contributed by atoms with van der Waals surface area (Å²) in [5.74, 6) is 6.23. The molecule has 1 saturated carbocycles. The van der Waals surface area contributed by atoms with Crippen molar-refractivity contribution in [1.82, 2.24) is 4.90 Å². The lowest BCUT2D eigenvalue weighted by Gasteiger charge is -2.17. The lowest BCUT2D eigenvalue weighted by molar-refractivity contribution is -0.133. The molecule has 0 saturated heterocycles. The third-order valence-corrected chi connectivity index (χ3v) is 5.95. The van der Waals surface area contributed by atoms with Gasteiger partial charge in [0.1, 0.15) is 0 Å². The maximum Gasteiger partial charge on any atom is 0.226 e. The van der Waals surface area contributed by atoms with Crippen molar-refractivity contribution >= 4 is 17.2 Å². The maximum absolute atomic E-state index is 12.6. The first-order chi connectivity index (χ1) is 9.71. The quantitative estimate of drug-likeness (QED) is 0.873. The summed E-state index contributed by atoms with van der Waals surface area (Å²) in [7, 11) is 1.89. The van der Waals surface area contributed by atoms with Gasteiger partial charge >= 0.3 is 0 Å². The Labute approximate surface area is 131 Å². The minimum absolute atomic E-state index is 0.0888. The maximum atomic E-state index is 12.6. The van der Waals surface area contributed by atoms with E-state index in [9.17, 15) is 4.79 Å². The molecule has 3 nitrogen and oxygen atoms in total. The molecule has 1 amide bonds. The average molecular weight is 304 g/mol. The number of nitrogens with two attached hydrogens (primary N) is 1. The first-order valence-electron chi connectivity index (χ1n) is 7.23. The van der Waals surface area contributed by atoms with Crippen LogP contribution in [0.4, 0.5) is 0 Å². The number of hydrogen-bond acceptors (Lipinski definition) is 3. The molecule has 2 N–H and O–H groups in total. The zero-order chi connectivity index (χ0) is 15.8. The normalized spacial score (nSPS) is 18.8. The van der Waals surface area contributed by atoms with Crippen molar-refractivity contribution in [3.05, 3.63) is 21.9 Å². The smallest absolute Gasteiger partial charge is 0.226 e. The summed E-state index contributed by atoms with van der Waals surface area (Å²) in [6.45, 7) is 9.72. The molecule has 1 aliphatic rings. The molecule has 1 aliphatic carbocycles. The topological polar surface area (TPSA) is 46.3 Å². The molecule has 0 aliphatic heterocycles. The Morgan fingerprint density at radius 1 is 1.38 bits per heavy atom. The van der Waals surface area contributed by atoms with E-state index in [-0.39, 0.29) is 22.7 Å². The van der Waals surface area contributed by atoms with E-state index < -0.39 is 0 Å². The molecular formula is C17H24N2OS. The Bertz CT molecular complexity index is 590. The van der Waals surface area contributed by atoms with E-state index >= 15 is 0 Å². The van der Waals surface area contributed by atoms with E-state index in [1.54, 1.807) is 11.3 Å². The number of rotatable bonds is 3. The first-order valence-corrected chi connectivity index (χ1v) is 8.11. The second-order valence-electron chi connectivity index (χ2n) is 6.88. The molecular weight excluding hydrogens is 280 g/mol. The summed E-state index contributed by atoms with van der Waals surface area (Å²) in [6.07, 6.45) is 0. The molecule has 4 heteroatoms. The number of nitrogens with zero attached hydrogens (tertiary/aromatic N) is 1. The van der Waals surface area contributed by atoms with Crippen LogP contribution in [0.5, 0.6) is 0 Å². The van der Waals surface area contributed by atoms with Crippen LogP contribution in [0.25, 0.3) is 0 Å². The van der Waals surface area contributed by atoms with Crippen LogP contribution in [-0.4, -0.2) is 24.4 Å². The molecule has 1 fully saturated rings. The summed E-state index contributed by atoms with van der Waals surface area (Å²) in [5, 5.41) is 2.02. The van der Waals surface area contributed by atoms with Crippen molar-refractivity contribution in [3.8, 4) is 11.8 Å². The Hall–Kier alpha value is -1.31. The molecule has 0 radical (unpaired) electrons. The van der Waals surface area contributed by atoms with E-state index in [0.717, 1.165) is 10.4 Å². The molecule has 1 aromatic rings. The standard InChI is InChI=1S/C17H24N2OS/c1-16(2)14(17(16,3)4)15(20)19(5)10-13-9-12(11-21-13)7-6-8-18/h9,11,14H,8,10,18H2,1-5H3. The van der Waals surface area contributed by atoms with Crippen molar-refractivity contribution in [2.75, 3.05) is 13.6 Å². The lowest BCUT2D eigenvalue weighted by Crippen LogP contribution is -2.29. The van der Waals surface area contributed by atoms with Gasteiger partial charge in [-0.2, -0.15) is 0 Å². The predicted molar refractivity (Wildman–Crippen MR) is 87.8 cm³/mol. The molecule has 2 rings (SSSR count). The van der Waals surface area contributed by atoms with Gasteiger partial charge in [0.25, 0.3) is 0 Å². The Kier molecular flexibility index (Phi) is 4.19. The van der Waals surface area contributed by atoms with Crippen LogP contribution < -0.4 is 5.73 Å². The van der Waals surface area contributed by atoms with Crippen LogP contribution in [0.2, 0.25) is 0 Å². The highest BCUT2D eigenvalue weighted by molar-refractivity contribution is 7.10. The highest BCUT2D eigenvalue weighted by Gasteiger charge is 2.68. The fourth-order valence-corrected chi connectivity index (χ4v) is 3.90. The number of amides is 1. The Morgan fingerprint density at radius 3 is 2.52 bits per heavy atom. The Morgan fingerprint density at radius 2 is 2.00 bits per heavy atom. The molecule has 0 atom stereocenters. The van der Waals surface area contributed by atoms with Gasteiger partial charge in [-0.25, -0.2) is 0 Å². The van der Waals surface area contributed by atoms with E-state index in [4.69, 9.17) is 5.73 Å². The van der Waals surface area contributed by atoms with E-state index in [2.05, 4.69) is 39.5 Å². The highest BCUT2D eigenvalue weighted by atomic mass is 32.1. The van der Waals surface area contributed by atoms with Gasteiger partial charge in [-0.1, -0.05) is 39.5 Å². The molecule has 0 aromatic carbocycles. The Balaban J connectivity index is 2.01. The van der Waals surface area contributed by atoms with Crippen LogP contribution in [-0.2, 0) is 11.3 Å². The van der Waals surface area contributed by atoms with Gasteiger partial charge in [0.05, 0.1) is 13.1 Å². The summed E-state index contributed by atoms with van der Waals surface area (Å²) < 4.78 is 0. The van der Waals surface area contributed by atoms with E-state index in [1.807, 2.05) is 23.4 Å². The molecule has 1 aromatic heterocycles. The van der Waals surface area contributed by atoms with Gasteiger partial charge in [0.2, 0.25) is 5.91 Å². The zero-order valence-corrected chi connectivity index (χ0v) is 14.3. The lowest BCUT2D eigenvalue weighted by atomic mass is 10.0. The SMILES string of the molecule is CN(Cc1cc(C#CCN)cs1)C(=O)C1C(C)(C)C1(C)C. The summed E-state index contributed by atoms with van der Waals surface area (Å²) in [5.41, 5.74) is 6.53. The summed E-state index contributed by atoms with van der Waals surface area (Å²) >= 11 is 1.64. The molecule has 21 heavy (non-hydrogen) atoms. The molecule has 0 spiro atoms.